The fourth-order valence-corrected chi connectivity index (χ4v) is 8.86. The number of hydrogen-bond acceptors (Lipinski definition) is 3. The van der Waals surface area contributed by atoms with Crippen LogP contribution >= 0.6 is 23.2 Å². The van der Waals surface area contributed by atoms with Crippen molar-refractivity contribution in [2.45, 2.75) is 110 Å². The van der Waals surface area contributed by atoms with Crippen molar-refractivity contribution in [3.8, 4) is 0 Å². The van der Waals surface area contributed by atoms with Gasteiger partial charge in [-0.05, 0) is 110 Å². The highest BCUT2D eigenvalue weighted by Gasteiger charge is 2.50. The second-order valence-electron chi connectivity index (χ2n) is 12.7. The van der Waals surface area contributed by atoms with Crippen molar-refractivity contribution in [2.24, 2.45) is 0 Å². The maximum atomic E-state index is 13.3. The van der Waals surface area contributed by atoms with Crippen LogP contribution in [0, 0.1) is 0 Å². The van der Waals surface area contributed by atoms with Crippen molar-refractivity contribution in [3.63, 3.8) is 0 Å². The van der Waals surface area contributed by atoms with Gasteiger partial charge in [-0.1, -0.05) is 48.5 Å². The lowest BCUT2D eigenvalue weighted by atomic mass is 9.56. The van der Waals surface area contributed by atoms with E-state index in [1.165, 1.54) is 11.1 Å². The number of carbonyl (C=O) groups is 1. The van der Waals surface area contributed by atoms with Gasteiger partial charge in [0.2, 0.25) is 0 Å². The van der Waals surface area contributed by atoms with Gasteiger partial charge < -0.3 is 9.47 Å². The van der Waals surface area contributed by atoms with Gasteiger partial charge in [-0.2, -0.15) is 0 Å². The Morgan fingerprint density at radius 3 is 1.13 bits per heavy atom. The van der Waals surface area contributed by atoms with Crippen molar-refractivity contribution in [3.05, 3.63) is 70.8 Å². The molecule has 2 aromatic rings. The van der Waals surface area contributed by atoms with E-state index in [0.29, 0.717) is 0 Å². The van der Waals surface area contributed by atoms with E-state index in [0.717, 1.165) is 88.2 Å². The van der Waals surface area contributed by atoms with Gasteiger partial charge >= 0.3 is 0 Å². The standard InChI is InChI=1S/C33H40Cl2O3/c1-37-32-17-11-30(12-18-32,13-19-32)25-7-3-23(4-8-25)27(34)29(36)28(35)24-5-9-26(10-6-24)31-14-20-33(38-2,21-15-31)22-16-31/h3-10,27-28H,11-22H2,1-2H3. The molecule has 6 fully saturated rings. The first-order valence-corrected chi connectivity index (χ1v) is 15.3. The number of ketones is 1. The van der Waals surface area contributed by atoms with Crippen LogP contribution in [0.2, 0.25) is 0 Å². The first kappa shape index (κ1) is 26.8. The number of hydrogen-bond donors (Lipinski definition) is 0. The van der Waals surface area contributed by atoms with Crippen LogP contribution in [0.1, 0.15) is 110 Å². The summed E-state index contributed by atoms with van der Waals surface area (Å²) in [5, 5.41) is -1.53. The third kappa shape index (κ3) is 4.37. The van der Waals surface area contributed by atoms with Gasteiger partial charge in [0.05, 0.1) is 11.2 Å². The SMILES string of the molecule is COC12CCC(c3ccc(C(Cl)C(=O)C(Cl)c4ccc(C56CCC(OC)(CC5)CC6)cc4)cc3)(CC1)CC2. The third-order valence-corrected chi connectivity index (χ3v) is 12.3. The Hall–Kier alpha value is -1.39. The minimum Gasteiger partial charge on any atom is -0.378 e. The number of alkyl halides is 2. The minimum absolute atomic E-state index is 0.102. The fourth-order valence-electron chi connectivity index (χ4n) is 8.25. The summed E-state index contributed by atoms with van der Waals surface area (Å²) >= 11 is 13.4. The topological polar surface area (TPSA) is 35.5 Å². The molecule has 0 amide bonds. The van der Waals surface area contributed by atoms with E-state index in [9.17, 15) is 4.79 Å². The average molecular weight is 556 g/mol. The van der Waals surface area contributed by atoms with Crippen LogP contribution in [0.25, 0.3) is 0 Å². The van der Waals surface area contributed by atoms with Gasteiger partial charge in [0.25, 0.3) is 0 Å². The molecule has 8 rings (SSSR count). The van der Waals surface area contributed by atoms with Crippen LogP contribution in [-0.4, -0.2) is 31.2 Å². The molecular formula is C33H40Cl2O3. The van der Waals surface area contributed by atoms with Gasteiger partial charge in [-0.3, -0.25) is 4.79 Å². The van der Waals surface area contributed by atoms with E-state index in [4.69, 9.17) is 32.7 Å². The van der Waals surface area contributed by atoms with Gasteiger partial charge in [0, 0.05) is 14.2 Å². The van der Waals surface area contributed by atoms with Crippen molar-refractivity contribution in [1.29, 1.82) is 0 Å². The third-order valence-electron chi connectivity index (χ3n) is 11.4. The number of carbonyl (C=O) groups excluding carboxylic acids is 1. The monoisotopic (exact) mass is 554 g/mol. The highest BCUT2D eigenvalue weighted by molar-refractivity contribution is 6.40. The molecule has 2 aromatic carbocycles. The average Bonchev–Trinajstić information content (AvgIpc) is 3.02. The molecule has 4 bridgehead atoms. The summed E-state index contributed by atoms with van der Waals surface area (Å²) < 4.78 is 11.7. The molecule has 6 saturated carbocycles. The van der Waals surface area contributed by atoms with Gasteiger partial charge in [0.15, 0.2) is 5.78 Å². The number of methoxy groups -OCH3 is 2. The second kappa shape index (κ2) is 9.91. The molecule has 2 unspecified atom stereocenters. The van der Waals surface area contributed by atoms with Crippen LogP contribution in [0.15, 0.2) is 48.5 Å². The largest absolute Gasteiger partial charge is 0.378 e. The zero-order valence-electron chi connectivity index (χ0n) is 22.7. The maximum absolute atomic E-state index is 13.3. The molecule has 204 valence electrons. The molecule has 6 aliphatic carbocycles. The quantitative estimate of drug-likeness (QED) is 0.307. The van der Waals surface area contributed by atoms with Crippen molar-refractivity contribution in [2.75, 3.05) is 14.2 Å². The lowest BCUT2D eigenvalue weighted by Crippen LogP contribution is -2.49. The second-order valence-corrected chi connectivity index (χ2v) is 13.6. The Morgan fingerprint density at radius 2 is 0.868 bits per heavy atom. The van der Waals surface area contributed by atoms with Crippen molar-refractivity contribution < 1.29 is 14.3 Å². The number of halogens is 2. The summed E-state index contributed by atoms with van der Waals surface area (Å²) in [5.41, 5.74) is 5.06. The first-order valence-electron chi connectivity index (χ1n) is 14.4. The highest BCUT2D eigenvalue weighted by atomic mass is 35.5. The van der Waals surface area contributed by atoms with Crippen LogP contribution in [0.4, 0.5) is 0 Å². The summed E-state index contributed by atoms with van der Waals surface area (Å²) in [4.78, 5) is 13.3. The van der Waals surface area contributed by atoms with E-state index in [-0.39, 0.29) is 27.8 Å². The molecular weight excluding hydrogens is 515 g/mol. The molecule has 0 N–H and O–H groups in total. The maximum Gasteiger partial charge on any atom is 0.177 e. The van der Waals surface area contributed by atoms with Gasteiger partial charge in [0.1, 0.15) is 10.8 Å². The van der Waals surface area contributed by atoms with Crippen LogP contribution in [0.5, 0.6) is 0 Å². The van der Waals surface area contributed by atoms with Crippen molar-refractivity contribution >= 4 is 29.0 Å². The zero-order valence-corrected chi connectivity index (χ0v) is 24.3. The Kier molecular flexibility index (Phi) is 6.99. The molecule has 38 heavy (non-hydrogen) atoms. The number of Topliss-reactive ketones (excluding diaryl/α,β-unsaturated/α-hetero) is 1. The van der Waals surface area contributed by atoms with E-state index in [1.54, 1.807) is 0 Å². The molecule has 0 aromatic heterocycles. The van der Waals surface area contributed by atoms with E-state index < -0.39 is 10.8 Å². The summed E-state index contributed by atoms with van der Waals surface area (Å²) in [7, 11) is 3.72. The van der Waals surface area contributed by atoms with Crippen LogP contribution < -0.4 is 0 Å². The zero-order chi connectivity index (χ0) is 26.6. The van der Waals surface area contributed by atoms with Crippen LogP contribution in [0.3, 0.4) is 0 Å². The molecule has 2 atom stereocenters. The Morgan fingerprint density at radius 1 is 0.579 bits per heavy atom. The van der Waals surface area contributed by atoms with Crippen LogP contribution in [-0.2, 0) is 25.1 Å². The molecule has 5 heteroatoms. The number of ether oxygens (including phenoxy) is 2. The number of fused-ring (bicyclic) bond motifs is 6. The van der Waals surface area contributed by atoms with E-state index >= 15 is 0 Å². The lowest BCUT2D eigenvalue weighted by molar-refractivity contribution is -0.118. The fraction of sp³-hybridized carbons (Fsp3) is 0.606. The van der Waals surface area contributed by atoms with E-state index in [1.807, 2.05) is 38.5 Å². The normalized spacial score (nSPS) is 35.7. The molecule has 0 heterocycles. The first-order chi connectivity index (χ1) is 18.3. The lowest BCUT2D eigenvalue weighted by Gasteiger charge is -2.53. The van der Waals surface area contributed by atoms with E-state index in [2.05, 4.69) is 24.3 Å². The Balaban J connectivity index is 1.11. The molecule has 0 radical (unpaired) electrons. The summed E-state index contributed by atoms with van der Waals surface area (Å²) in [6, 6.07) is 16.9. The van der Waals surface area contributed by atoms with Crippen molar-refractivity contribution in [1.82, 2.24) is 0 Å². The predicted molar refractivity (Wildman–Crippen MR) is 153 cm³/mol. The van der Waals surface area contributed by atoms with Gasteiger partial charge in [-0.25, -0.2) is 0 Å². The molecule has 0 aliphatic heterocycles. The summed E-state index contributed by atoms with van der Waals surface area (Å²) in [6.07, 6.45) is 13.8. The highest BCUT2D eigenvalue weighted by Crippen LogP contribution is 2.56. The molecule has 0 saturated heterocycles. The Bertz CT molecular complexity index is 1030. The predicted octanol–water partition coefficient (Wildman–Crippen LogP) is 8.50. The number of rotatable bonds is 8. The van der Waals surface area contributed by atoms with Gasteiger partial charge in [-0.15, -0.1) is 23.2 Å². The Labute approximate surface area is 237 Å². The smallest absolute Gasteiger partial charge is 0.177 e. The molecule has 3 nitrogen and oxygen atoms in total. The molecule has 0 spiro atoms. The summed E-state index contributed by atoms with van der Waals surface area (Å²) in [6.45, 7) is 0. The minimum atomic E-state index is -0.764. The summed E-state index contributed by atoms with van der Waals surface area (Å²) in [5.74, 6) is -0.161. The number of benzene rings is 2. The molecule has 6 aliphatic rings.